The van der Waals surface area contributed by atoms with E-state index in [1.807, 2.05) is 21.6 Å². The Labute approximate surface area is 108 Å². The van der Waals surface area contributed by atoms with Crippen molar-refractivity contribution < 1.29 is 0 Å². The summed E-state index contributed by atoms with van der Waals surface area (Å²) in [7, 11) is 3.94. The molecule has 86 valence electrons. The molecular formula is C12H20S3. The molecule has 0 amide bonds. The third kappa shape index (κ3) is 8.12. The average molecular weight is 260 g/mol. The molecule has 0 nitrogen and oxygen atoms in total. The fourth-order valence-corrected chi connectivity index (χ4v) is 3.34. The van der Waals surface area contributed by atoms with Gasteiger partial charge in [0.1, 0.15) is 0 Å². The molecule has 1 aromatic rings. The van der Waals surface area contributed by atoms with Gasteiger partial charge in [0, 0.05) is 10.5 Å². The molecule has 0 bridgehead atoms. The van der Waals surface area contributed by atoms with Gasteiger partial charge in [-0.15, -0.1) is 0 Å². The first kappa shape index (κ1) is 15.3. The standard InChI is InChI=1S/C12H18S2.H2S/c1-12(2,3)14-13-10-9-11-7-5-4-6-8-11;/h4-8H,9-10H2,1-3H3;1H2. The lowest BCUT2D eigenvalue weighted by atomic mass is 10.2. The van der Waals surface area contributed by atoms with Gasteiger partial charge in [0.2, 0.25) is 0 Å². The number of rotatable bonds is 4. The van der Waals surface area contributed by atoms with Gasteiger partial charge in [-0.25, -0.2) is 0 Å². The number of hydrogen-bond donors (Lipinski definition) is 0. The summed E-state index contributed by atoms with van der Waals surface area (Å²) in [6.07, 6.45) is 1.18. The van der Waals surface area contributed by atoms with Crippen molar-refractivity contribution in [3.8, 4) is 0 Å². The molecule has 0 saturated carbocycles. The first-order valence-corrected chi connectivity index (χ1v) is 7.24. The third-order valence-electron chi connectivity index (χ3n) is 1.63. The maximum atomic E-state index is 2.26. The van der Waals surface area contributed by atoms with Crippen LogP contribution in [-0.4, -0.2) is 10.5 Å². The van der Waals surface area contributed by atoms with Crippen LogP contribution in [-0.2, 0) is 6.42 Å². The van der Waals surface area contributed by atoms with E-state index in [0.717, 1.165) is 0 Å². The quantitative estimate of drug-likeness (QED) is 0.576. The Bertz CT molecular complexity index is 251. The van der Waals surface area contributed by atoms with E-state index in [4.69, 9.17) is 0 Å². The zero-order valence-corrected chi connectivity index (χ0v) is 12.3. The molecule has 0 aliphatic heterocycles. The molecule has 15 heavy (non-hydrogen) atoms. The van der Waals surface area contributed by atoms with Gasteiger partial charge in [-0.2, -0.15) is 13.5 Å². The first-order valence-electron chi connectivity index (χ1n) is 4.92. The van der Waals surface area contributed by atoms with E-state index < -0.39 is 0 Å². The third-order valence-corrected chi connectivity index (χ3v) is 4.97. The molecule has 0 unspecified atom stereocenters. The number of aryl methyl sites for hydroxylation is 1. The highest BCUT2D eigenvalue weighted by molar-refractivity contribution is 8.77. The molecular weight excluding hydrogens is 240 g/mol. The fraction of sp³-hybridized carbons (Fsp3) is 0.500. The Hall–Kier alpha value is 0.270. The van der Waals surface area contributed by atoms with E-state index in [-0.39, 0.29) is 13.5 Å². The fourth-order valence-electron chi connectivity index (χ4n) is 1.02. The highest BCUT2D eigenvalue weighted by atomic mass is 33.1. The van der Waals surface area contributed by atoms with Crippen molar-refractivity contribution in [1.82, 2.24) is 0 Å². The van der Waals surface area contributed by atoms with Gasteiger partial charge in [-0.05, 0) is 12.0 Å². The van der Waals surface area contributed by atoms with Crippen LogP contribution in [0, 0.1) is 0 Å². The smallest absolute Gasteiger partial charge is 0.0179 e. The lowest BCUT2D eigenvalue weighted by Gasteiger charge is -2.15. The van der Waals surface area contributed by atoms with Crippen molar-refractivity contribution in [1.29, 1.82) is 0 Å². The Morgan fingerprint density at radius 1 is 1.07 bits per heavy atom. The molecule has 0 radical (unpaired) electrons. The van der Waals surface area contributed by atoms with Crippen molar-refractivity contribution in [3.63, 3.8) is 0 Å². The molecule has 0 spiro atoms. The van der Waals surface area contributed by atoms with Crippen molar-refractivity contribution in [2.24, 2.45) is 0 Å². The Kier molecular flexibility index (Phi) is 7.66. The van der Waals surface area contributed by atoms with Gasteiger partial charge in [0.15, 0.2) is 0 Å². The van der Waals surface area contributed by atoms with Gasteiger partial charge in [0.05, 0.1) is 0 Å². The van der Waals surface area contributed by atoms with Gasteiger partial charge in [0.25, 0.3) is 0 Å². The van der Waals surface area contributed by atoms with Crippen molar-refractivity contribution in [2.45, 2.75) is 31.9 Å². The van der Waals surface area contributed by atoms with E-state index >= 15 is 0 Å². The molecule has 0 atom stereocenters. The second-order valence-corrected chi connectivity index (χ2v) is 7.50. The molecule has 3 heteroatoms. The molecule has 0 heterocycles. The monoisotopic (exact) mass is 260 g/mol. The summed E-state index contributed by atoms with van der Waals surface area (Å²) in [5.41, 5.74) is 1.44. The summed E-state index contributed by atoms with van der Waals surface area (Å²) < 4.78 is 0.376. The van der Waals surface area contributed by atoms with Gasteiger partial charge in [-0.1, -0.05) is 72.7 Å². The van der Waals surface area contributed by atoms with Crippen LogP contribution in [0.2, 0.25) is 0 Å². The van der Waals surface area contributed by atoms with Crippen LogP contribution in [0.15, 0.2) is 30.3 Å². The summed E-state index contributed by atoms with van der Waals surface area (Å²) in [5, 5.41) is 0. The van der Waals surface area contributed by atoms with Crippen molar-refractivity contribution in [3.05, 3.63) is 35.9 Å². The highest BCUT2D eigenvalue weighted by Crippen LogP contribution is 2.35. The SMILES string of the molecule is CC(C)(C)SSCCc1ccccc1.S. The zero-order valence-electron chi connectivity index (χ0n) is 9.62. The summed E-state index contributed by atoms with van der Waals surface area (Å²) >= 11 is 0. The van der Waals surface area contributed by atoms with E-state index in [2.05, 4.69) is 51.1 Å². The number of benzene rings is 1. The van der Waals surface area contributed by atoms with Crippen LogP contribution in [0.3, 0.4) is 0 Å². The Morgan fingerprint density at radius 2 is 1.67 bits per heavy atom. The lowest BCUT2D eigenvalue weighted by Crippen LogP contribution is -2.04. The maximum absolute atomic E-state index is 2.26. The summed E-state index contributed by atoms with van der Waals surface area (Å²) in [5.74, 6) is 1.20. The van der Waals surface area contributed by atoms with Crippen LogP contribution in [0.25, 0.3) is 0 Å². The minimum absolute atomic E-state index is 0. The first-order chi connectivity index (χ1) is 6.58. The van der Waals surface area contributed by atoms with Crippen molar-refractivity contribution in [2.75, 3.05) is 5.75 Å². The summed E-state index contributed by atoms with van der Waals surface area (Å²) in [6.45, 7) is 6.77. The van der Waals surface area contributed by atoms with E-state index in [0.29, 0.717) is 4.75 Å². The lowest BCUT2D eigenvalue weighted by molar-refractivity contribution is 0.810. The van der Waals surface area contributed by atoms with Gasteiger partial charge in [-0.3, -0.25) is 0 Å². The Balaban J connectivity index is 0.00000196. The van der Waals surface area contributed by atoms with Gasteiger partial charge < -0.3 is 0 Å². The largest absolute Gasteiger partial charge is 0.197 e. The van der Waals surface area contributed by atoms with Crippen molar-refractivity contribution >= 4 is 35.1 Å². The highest BCUT2D eigenvalue weighted by Gasteiger charge is 2.10. The molecule has 0 aliphatic rings. The second-order valence-electron chi connectivity index (χ2n) is 4.25. The molecule has 0 saturated heterocycles. The average Bonchev–Trinajstić information content (AvgIpc) is 2.13. The molecule has 1 aromatic carbocycles. The Morgan fingerprint density at radius 3 is 2.20 bits per heavy atom. The minimum atomic E-state index is 0. The van der Waals surface area contributed by atoms with E-state index in [1.165, 1.54) is 17.7 Å². The summed E-state index contributed by atoms with van der Waals surface area (Å²) in [4.78, 5) is 0. The maximum Gasteiger partial charge on any atom is 0.0179 e. The van der Waals surface area contributed by atoms with Crippen LogP contribution in [0.5, 0.6) is 0 Å². The van der Waals surface area contributed by atoms with E-state index in [9.17, 15) is 0 Å². The van der Waals surface area contributed by atoms with Crippen LogP contribution in [0.4, 0.5) is 0 Å². The van der Waals surface area contributed by atoms with Crippen LogP contribution in [0.1, 0.15) is 26.3 Å². The molecule has 0 fully saturated rings. The number of hydrogen-bond acceptors (Lipinski definition) is 2. The van der Waals surface area contributed by atoms with E-state index in [1.54, 1.807) is 0 Å². The predicted molar refractivity (Wildman–Crippen MR) is 80.3 cm³/mol. The summed E-state index contributed by atoms with van der Waals surface area (Å²) in [6, 6.07) is 10.7. The van der Waals surface area contributed by atoms with Gasteiger partial charge >= 0.3 is 0 Å². The molecule has 0 N–H and O–H groups in total. The minimum Gasteiger partial charge on any atom is -0.197 e. The van der Waals surface area contributed by atoms with Crippen LogP contribution < -0.4 is 0 Å². The predicted octanol–water partition coefficient (Wildman–Crippen LogP) is 4.52. The zero-order chi connectivity index (χ0) is 10.4. The topological polar surface area (TPSA) is 0 Å². The molecule has 0 aliphatic carbocycles. The molecule has 1 rings (SSSR count). The molecule has 0 aromatic heterocycles. The second kappa shape index (κ2) is 7.53. The van der Waals surface area contributed by atoms with Crippen LogP contribution >= 0.6 is 35.1 Å². The normalized spacial score (nSPS) is 10.9.